The van der Waals surface area contributed by atoms with E-state index in [4.69, 9.17) is 14.2 Å². The molecule has 2 aliphatic heterocycles. The Morgan fingerprint density at radius 3 is 2.84 bits per heavy atom. The average Bonchev–Trinajstić information content (AvgIpc) is 3.18. The summed E-state index contributed by atoms with van der Waals surface area (Å²) < 4.78 is 18.1. The number of amides is 1. The van der Waals surface area contributed by atoms with Gasteiger partial charge in [0.2, 0.25) is 30.0 Å². The van der Waals surface area contributed by atoms with E-state index in [-0.39, 0.29) is 18.6 Å². The Bertz CT molecular complexity index is 1240. The first kappa shape index (κ1) is 20.8. The number of para-hydroxylation sites is 1. The summed E-state index contributed by atoms with van der Waals surface area (Å²) in [6.07, 6.45) is 0.938. The second-order valence-corrected chi connectivity index (χ2v) is 8.79. The van der Waals surface area contributed by atoms with Crippen LogP contribution in [0.4, 0.5) is 5.69 Å². The standard InChI is InChI=1S/C22H17BrN4O4S/c1-3-8-32-22-24-20-19(25-26-22)13-6-4-5-7-16(13)27(12(2)28)21(31-20)14-9-17-18(10-15(14)23)30-11-29-17/h3-7,9-10,21H,1,8,11H2,2H3. The van der Waals surface area contributed by atoms with E-state index in [9.17, 15) is 4.79 Å². The van der Waals surface area contributed by atoms with E-state index in [1.54, 1.807) is 17.0 Å². The molecule has 1 unspecified atom stereocenters. The van der Waals surface area contributed by atoms with E-state index >= 15 is 0 Å². The molecule has 1 atom stereocenters. The van der Waals surface area contributed by atoms with Gasteiger partial charge in [-0.2, -0.15) is 4.98 Å². The summed E-state index contributed by atoms with van der Waals surface area (Å²) in [7, 11) is 0. The van der Waals surface area contributed by atoms with Crippen LogP contribution in [-0.2, 0) is 4.79 Å². The fourth-order valence-corrected chi connectivity index (χ4v) is 4.60. The van der Waals surface area contributed by atoms with Gasteiger partial charge < -0.3 is 14.2 Å². The molecule has 0 spiro atoms. The van der Waals surface area contributed by atoms with E-state index < -0.39 is 6.23 Å². The Morgan fingerprint density at radius 1 is 1.28 bits per heavy atom. The van der Waals surface area contributed by atoms with E-state index in [0.717, 1.165) is 0 Å². The largest absolute Gasteiger partial charge is 0.454 e. The van der Waals surface area contributed by atoms with E-state index in [0.29, 0.717) is 49.4 Å². The molecule has 0 N–H and O–H groups in total. The number of anilines is 1. The zero-order valence-electron chi connectivity index (χ0n) is 16.9. The lowest BCUT2D eigenvalue weighted by Crippen LogP contribution is -2.36. The van der Waals surface area contributed by atoms with Crippen molar-refractivity contribution in [3.8, 4) is 28.6 Å². The van der Waals surface area contributed by atoms with Crippen LogP contribution < -0.4 is 19.1 Å². The van der Waals surface area contributed by atoms with Crippen LogP contribution in [0.15, 0.2) is 58.7 Å². The van der Waals surface area contributed by atoms with Crippen LogP contribution in [-0.4, -0.2) is 33.6 Å². The third kappa shape index (κ3) is 3.59. The number of rotatable bonds is 4. The van der Waals surface area contributed by atoms with Crippen LogP contribution in [0.1, 0.15) is 18.7 Å². The normalized spacial score (nSPS) is 15.9. The van der Waals surface area contributed by atoms with Crippen molar-refractivity contribution in [2.75, 3.05) is 17.4 Å². The van der Waals surface area contributed by atoms with Crippen molar-refractivity contribution in [1.82, 2.24) is 15.2 Å². The Balaban J connectivity index is 1.71. The number of thioether (sulfide) groups is 1. The van der Waals surface area contributed by atoms with E-state index in [2.05, 4.69) is 37.7 Å². The molecular weight excluding hydrogens is 496 g/mol. The molecule has 0 radical (unpaired) electrons. The van der Waals surface area contributed by atoms with Crippen molar-refractivity contribution in [3.63, 3.8) is 0 Å². The molecule has 2 aliphatic rings. The summed E-state index contributed by atoms with van der Waals surface area (Å²) in [5.74, 6) is 1.92. The number of fused-ring (bicyclic) bond motifs is 4. The van der Waals surface area contributed by atoms with Gasteiger partial charge in [-0.3, -0.25) is 9.69 Å². The summed E-state index contributed by atoms with van der Waals surface area (Å²) in [6, 6.07) is 11.1. The maximum absolute atomic E-state index is 12.9. The minimum atomic E-state index is -0.826. The highest BCUT2D eigenvalue weighted by atomic mass is 79.9. The average molecular weight is 513 g/mol. The number of hydrogen-bond acceptors (Lipinski definition) is 8. The summed E-state index contributed by atoms with van der Waals surface area (Å²) in [5, 5.41) is 9.08. The first-order valence-corrected chi connectivity index (χ1v) is 11.5. The molecule has 0 bridgehead atoms. The second-order valence-electron chi connectivity index (χ2n) is 6.95. The van der Waals surface area contributed by atoms with E-state index in [1.807, 2.05) is 30.3 Å². The van der Waals surface area contributed by atoms with Crippen LogP contribution in [0.3, 0.4) is 0 Å². The van der Waals surface area contributed by atoms with Crippen LogP contribution in [0, 0.1) is 0 Å². The minimum absolute atomic E-state index is 0.139. The number of halogens is 1. The van der Waals surface area contributed by atoms with Gasteiger partial charge in [0.05, 0.1) is 5.69 Å². The van der Waals surface area contributed by atoms with Gasteiger partial charge in [-0.05, 0) is 18.2 Å². The van der Waals surface area contributed by atoms with Gasteiger partial charge in [0, 0.05) is 28.3 Å². The molecule has 0 saturated heterocycles. The van der Waals surface area contributed by atoms with Crippen LogP contribution in [0.2, 0.25) is 0 Å². The fraction of sp³-hybridized carbons (Fsp3) is 0.182. The SMILES string of the molecule is C=CCSc1nnc2c(n1)OC(c1cc3c(cc1Br)OCO3)N(C(C)=O)c1ccccc1-2. The number of benzene rings is 2. The van der Waals surface area contributed by atoms with Gasteiger partial charge in [0.15, 0.2) is 17.2 Å². The van der Waals surface area contributed by atoms with Crippen molar-refractivity contribution < 1.29 is 19.0 Å². The summed E-state index contributed by atoms with van der Waals surface area (Å²) in [6.45, 7) is 5.36. The predicted molar refractivity (Wildman–Crippen MR) is 123 cm³/mol. The zero-order valence-corrected chi connectivity index (χ0v) is 19.4. The molecule has 3 heterocycles. The molecule has 1 amide bonds. The maximum atomic E-state index is 12.9. The number of aromatic nitrogens is 3. The molecule has 5 rings (SSSR count). The molecule has 3 aromatic rings. The lowest BCUT2D eigenvalue weighted by Gasteiger charge is -2.30. The number of ether oxygens (including phenoxy) is 3. The first-order chi connectivity index (χ1) is 15.6. The zero-order chi connectivity index (χ0) is 22.2. The quantitative estimate of drug-likeness (QED) is 0.365. The summed E-state index contributed by atoms with van der Waals surface area (Å²) >= 11 is 4.99. The number of carbonyl (C=O) groups is 1. The number of hydrogen-bond donors (Lipinski definition) is 0. The van der Waals surface area contributed by atoms with Crippen LogP contribution in [0.5, 0.6) is 17.4 Å². The molecule has 2 aromatic carbocycles. The van der Waals surface area contributed by atoms with Crippen molar-refractivity contribution in [2.24, 2.45) is 0 Å². The van der Waals surface area contributed by atoms with Crippen molar-refractivity contribution in [3.05, 3.63) is 59.1 Å². The van der Waals surface area contributed by atoms with E-state index in [1.165, 1.54) is 18.7 Å². The highest BCUT2D eigenvalue weighted by Gasteiger charge is 2.36. The van der Waals surface area contributed by atoms with Gasteiger partial charge >= 0.3 is 0 Å². The lowest BCUT2D eigenvalue weighted by molar-refractivity contribution is -0.118. The molecule has 0 aliphatic carbocycles. The monoisotopic (exact) mass is 512 g/mol. The van der Waals surface area contributed by atoms with Gasteiger partial charge in [-0.25, -0.2) is 0 Å². The number of carbonyl (C=O) groups excluding carboxylic acids is 1. The molecule has 0 fully saturated rings. The summed E-state index contributed by atoms with van der Waals surface area (Å²) in [5.41, 5.74) is 2.51. The van der Waals surface area contributed by atoms with Crippen LogP contribution in [0.25, 0.3) is 11.3 Å². The third-order valence-corrected chi connectivity index (χ3v) is 6.46. The second kappa shape index (κ2) is 8.44. The van der Waals surface area contributed by atoms with Crippen molar-refractivity contribution in [2.45, 2.75) is 18.3 Å². The smallest absolute Gasteiger partial charge is 0.247 e. The Labute approximate surface area is 196 Å². The molecule has 1 aromatic heterocycles. The molecule has 162 valence electrons. The topological polar surface area (TPSA) is 86.7 Å². The van der Waals surface area contributed by atoms with Crippen molar-refractivity contribution >= 4 is 39.3 Å². The Kier molecular flexibility index (Phi) is 5.48. The lowest BCUT2D eigenvalue weighted by atomic mass is 10.1. The Hall–Kier alpha value is -3.11. The summed E-state index contributed by atoms with van der Waals surface area (Å²) in [4.78, 5) is 19.1. The van der Waals surface area contributed by atoms with Crippen molar-refractivity contribution in [1.29, 1.82) is 0 Å². The fourth-order valence-electron chi connectivity index (χ4n) is 3.57. The molecular formula is C22H17BrN4O4S. The molecule has 0 saturated carbocycles. The third-order valence-electron chi connectivity index (χ3n) is 4.94. The van der Waals surface area contributed by atoms with Gasteiger partial charge in [-0.15, -0.1) is 16.8 Å². The van der Waals surface area contributed by atoms with Gasteiger partial charge in [-0.1, -0.05) is 52.0 Å². The predicted octanol–water partition coefficient (Wildman–Crippen LogP) is 4.75. The highest BCUT2D eigenvalue weighted by Crippen LogP contribution is 2.46. The maximum Gasteiger partial charge on any atom is 0.247 e. The minimum Gasteiger partial charge on any atom is -0.454 e. The van der Waals surface area contributed by atoms with Gasteiger partial charge in [0.25, 0.3) is 0 Å². The Morgan fingerprint density at radius 2 is 2.06 bits per heavy atom. The van der Waals surface area contributed by atoms with Gasteiger partial charge in [0.1, 0.15) is 0 Å². The van der Waals surface area contributed by atoms with Crippen LogP contribution >= 0.6 is 27.7 Å². The highest BCUT2D eigenvalue weighted by molar-refractivity contribution is 9.10. The molecule has 10 heteroatoms. The molecule has 8 nitrogen and oxygen atoms in total. The molecule has 32 heavy (non-hydrogen) atoms. The first-order valence-electron chi connectivity index (χ1n) is 9.70. The number of nitrogens with zero attached hydrogens (tertiary/aromatic N) is 4.